The van der Waals surface area contributed by atoms with E-state index in [-0.39, 0.29) is 5.91 Å². The highest BCUT2D eigenvalue weighted by atomic mass is 32.1. The van der Waals surface area contributed by atoms with Crippen LogP contribution in [0.25, 0.3) is 0 Å². The van der Waals surface area contributed by atoms with Crippen LogP contribution in [0.3, 0.4) is 0 Å². The van der Waals surface area contributed by atoms with Crippen molar-refractivity contribution >= 4 is 17.2 Å². The summed E-state index contributed by atoms with van der Waals surface area (Å²) >= 11 is 1.69. The van der Waals surface area contributed by atoms with Crippen molar-refractivity contribution in [1.29, 1.82) is 0 Å². The first kappa shape index (κ1) is 11.6. The van der Waals surface area contributed by atoms with Crippen LogP contribution in [0.2, 0.25) is 0 Å². The molecular weight excluding hydrogens is 218 g/mol. The van der Waals surface area contributed by atoms with Crippen LogP contribution in [0.1, 0.15) is 39.9 Å². The Kier molecular flexibility index (Phi) is 3.33. The summed E-state index contributed by atoms with van der Waals surface area (Å²) in [6.07, 6.45) is 4.88. The predicted octanol–water partition coefficient (Wildman–Crippen LogP) is 2.96. The Hall–Kier alpha value is -0.830. The molecule has 1 heterocycles. The van der Waals surface area contributed by atoms with Gasteiger partial charge in [-0.05, 0) is 36.8 Å². The zero-order chi connectivity index (χ0) is 11.7. The van der Waals surface area contributed by atoms with E-state index in [0.717, 1.165) is 10.8 Å². The molecule has 0 aromatic carbocycles. The second-order valence-electron chi connectivity index (χ2n) is 4.78. The molecular formula is C13H19NOS. The Bertz CT molecular complexity index is 395. The van der Waals surface area contributed by atoms with Crippen LogP contribution in [0.15, 0.2) is 6.07 Å². The SMILES string of the molecule is CCC1CCc2sc(C(=O)N(C)C)cc2C1. The van der Waals surface area contributed by atoms with Gasteiger partial charge in [-0.25, -0.2) is 0 Å². The molecule has 0 N–H and O–H groups in total. The average molecular weight is 237 g/mol. The third kappa shape index (κ3) is 2.14. The van der Waals surface area contributed by atoms with Crippen LogP contribution in [0, 0.1) is 5.92 Å². The number of nitrogens with zero attached hydrogens (tertiary/aromatic N) is 1. The Morgan fingerprint density at radius 2 is 2.31 bits per heavy atom. The number of carbonyl (C=O) groups is 1. The Morgan fingerprint density at radius 3 is 2.94 bits per heavy atom. The van der Waals surface area contributed by atoms with Crippen LogP contribution in [-0.4, -0.2) is 24.9 Å². The second kappa shape index (κ2) is 4.58. The molecule has 3 heteroatoms. The van der Waals surface area contributed by atoms with Crippen LogP contribution < -0.4 is 0 Å². The molecule has 2 rings (SSSR count). The summed E-state index contributed by atoms with van der Waals surface area (Å²) in [4.78, 5) is 15.9. The standard InChI is InChI=1S/C13H19NOS/c1-4-9-5-6-11-10(7-9)8-12(16-11)13(15)14(2)3/h8-9H,4-7H2,1-3H3. The van der Waals surface area contributed by atoms with E-state index in [1.165, 1.54) is 36.1 Å². The normalized spacial score (nSPS) is 19.3. The van der Waals surface area contributed by atoms with Gasteiger partial charge in [-0.15, -0.1) is 11.3 Å². The lowest BCUT2D eigenvalue weighted by atomic mass is 9.87. The molecule has 0 saturated carbocycles. The highest BCUT2D eigenvalue weighted by Gasteiger charge is 2.22. The minimum atomic E-state index is 0.146. The molecule has 0 saturated heterocycles. The Balaban J connectivity index is 2.21. The van der Waals surface area contributed by atoms with E-state index in [1.807, 2.05) is 14.1 Å². The fraction of sp³-hybridized carbons (Fsp3) is 0.615. The van der Waals surface area contributed by atoms with E-state index in [9.17, 15) is 4.79 Å². The van der Waals surface area contributed by atoms with Crippen molar-refractivity contribution in [3.8, 4) is 0 Å². The molecule has 1 aliphatic carbocycles. The topological polar surface area (TPSA) is 20.3 Å². The first-order valence-corrected chi connectivity index (χ1v) is 6.76. The van der Waals surface area contributed by atoms with Gasteiger partial charge in [0.25, 0.3) is 5.91 Å². The molecule has 0 aliphatic heterocycles. The summed E-state index contributed by atoms with van der Waals surface area (Å²) in [6.45, 7) is 2.26. The first-order chi connectivity index (χ1) is 7.61. The summed E-state index contributed by atoms with van der Waals surface area (Å²) < 4.78 is 0. The smallest absolute Gasteiger partial charge is 0.263 e. The first-order valence-electron chi connectivity index (χ1n) is 5.95. The summed E-state index contributed by atoms with van der Waals surface area (Å²) in [5.41, 5.74) is 1.42. The van der Waals surface area contributed by atoms with Crippen LogP contribution in [-0.2, 0) is 12.8 Å². The lowest BCUT2D eigenvalue weighted by Gasteiger charge is -2.19. The Morgan fingerprint density at radius 1 is 1.56 bits per heavy atom. The van der Waals surface area contributed by atoms with E-state index >= 15 is 0 Å². The maximum absolute atomic E-state index is 11.8. The zero-order valence-electron chi connectivity index (χ0n) is 10.2. The largest absolute Gasteiger partial charge is 0.344 e. The number of rotatable bonds is 2. The van der Waals surface area contributed by atoms with Gasteiger partial charge in [0, 0.05) is 19.0 Å². The predicted molar refractivity (Wildman–Crippen MR) is 68.1 cm³/mol. The van der Waals surface area contributed by atoms with E-state index in [1.54, 1.807) is 16.2 Å². The van der Waals surface area contributed by atoms with Gasteiger partial charge < -0.3 is 4.90 Å². The molecule has 1 atom stereocenters. The number of thiophene rings is 1. The monoisotopic (exact) mass is 237 g/mol. The molecule has 1 aliphatic rings. The van der Waals surface area contributed by atoms with Gasteiger partial charge in [0.2, 0.25) is 0 Å². The molecule has 0 spiro atoms. The summed E-state index contributed by atoms with van der Waals surface area (Å²) in [6, 6.07) is 2.12. The van der Waals surface area contributed by atoms with Crippen molar-refractivity contribution in [2.45, 2.75) is 32.6 Å². The summed E-state index contributed by atoms with van der Waals surface area (Å²) in [7, 11) is 3.63. The van der Waals surface area contributed by atoms with Crippen molar-refractivity contribution in [2.24, 2.45) is 5.92 Å². The van der Waals surface area contributed by atoms with Gasteiger partial charge in [0.1, 0.15) is 0 Å². The highest BCUT2D eigenvalue weighted by Crippen LogP contribution is 2.33. The van der Waals surface area contributed by atoms with Gasteiger partial charge >= 0.3 is 0 Å². The molecule has 0 radical (unpaired) electrons. The quantitative estimate of drug-likeness (QED) is 0.774. The van der Waals surface area contributed by atoms with Gasteiger partial charge in [0.05, 0.1) is 4.88 Å². The average Bonchev–Trinajstić information content (AvgIpc) is 2.69. The van der Waals surface area contributed by atoms with Gasteiger partial charge in [-0.3, -0.25) is 4.79 Å². The maximum Gasteiger partial charge on any atom is 0.263 e. The second-order valence-corrected chi connectivity index (χ2v) is 5.91. The van der Waals surface area contributed by atoms with Crippen LogP contribution in [0.5, 0.6) is 0 Å². The number of amides is 1. The molecule has 1 amide bonds. The molecule has 1 aromatic heterocycles. The fourth-order valence-corrected chi connectivity index (χ4v) is 3.50. The van der Waals surface area contributed by atoms with Crippen molar-refractivity contribution < 1.29 is 4.79 Å². The maximum atomic E-state index is 11.8. The van der Waals surface area contributed by atoms with Gasteiger partial charge in [0.15, 0.2) is 0 Å². The van der Waals surface area contributed by atoms with Crippen molar-refractivity contribution in [3.05, 3.63) is 21.4 Å². The molecule has 88 valence electrons. The number of fused-ring (bicyclic) bond motifs is 1. The number of aryl methyl sites for hydroxylation is 1. The molecule has 1 aromatic rings. The van der Waals surface area contributed by atoms with Crippen molar-refractivity contribution in [1.82, 2.24) is 4.90 Å². The Labute approximate surface area is 101 Å². The lowest BCUT2D eigenvalue weighted by molar-refractivity contribution is 0.0832. The number of carbonyl (C=O) groups excluding carboxylic acids is 1. The third-order valence-electron chi connectivity index (χ3n) is 3.38. The highest BCUT2D eigenvalue weighted by molar-refractivity contribution is 7.14. The van der Waals surface area contributed by atoms with Crippen molar-refractivity contribution in [2.75, 3.05) is 14.1 Å². The fourth-order valence-electron chi connectivity index (χ4n) is 2.27. The minimum Gasteiger partial charge on any atom is -0.344 e. The van der Waals surface area contributed by atoms with E-state index in [0.29, 0.717) is 0 Å². The zero-order valence-corrected chi connectivity index (χ0v) is 11.1. The molecule has 16 heavy (non-hydrogen) atoms. The van der Waals surface area contributed by atoms with E-state index in [2.05, 4.69) is 13.0 Å². The molecule has 0 fully saturated rings. The molecule has 1 unspecified atom stereocenters. The number of hydrogen-bond donors (Lipinski definition) is 0. The van der Waals surface area contributed by atoms with E-state index < -0.39 is 0 Å². The summed E-state index contributed by atoms with van der Waals surface area (Å²) in [5, 5.41) is 0. The summed E-state index contributed by atoms with van der Waals surface area (Å²) in [5.74, 6) is 0.969. The van der Waals surface area contributed by atoms with Gasteiger partial charge in [-0.1, -0.05) is 13.3 Å². The third-order valence-corrected chi connectivity index (χ3v) is 4.60. The van der Waals surface area contributed by atoms with Crippen molar-refractivity contribution in [3.63, 3.8) is 0 Å². The molecule has 2 nitrogen and oxygen atoms in total. The number of hydrogen-bond acceptors (Lipinski definition) is 2. The lowest BCUT2D eigenvalue weighted by Crippen LogP contribution is -2.20. The minimum absolute atomic E-state index is 0.146. The van der Waals surface area contributed by atoms with Crippen LogP contribution >= 0.6 is 11.3 Å². The van der Waals surface area contributed by atoms with Crippen LogP contribution in [0.4, 0.5) is 0 Å². The van der Waals surface area contributed by atoms with E-state index in [4.69, 9.17) is 0 Å². The molecule has 0 bridgehead atoms. The van der Waals surface area contributed by atoms with Gasteiger partial charge in [-0.2, -0.15) is 0 Å².